The summed E-state index contributed by atoms with van der Waals surface area (Å²) >= 11 is 0. The monoisotopic (exact) mass is 248 g/mol. The number of hydrogen-bond acceptors (Lipinski definition) is 1. The van der Waals surface area contributed by atoms with Crippen LogP contribution in [-0.2, 0) is 4.74 Å². The Morgan fingerprint density at radius 1 is 0.632 bits per heavy atom. The van der Waals surface area contributed by atoms with Crippen LogP contribution in [-0.4, -0.2) is 13.2 Å². The summed E-state index contributed by atoms with van der Waals surface area (Å²) in [4.78, 5) is 0. The molecule has 0 spiro atoms. The molecule has 0 N–H and O–H groups in total. The molecule has 2 aromatic rings. The van der Waals surface area contributed by atoms with E-state index in [1.54, 1.807) is 0 Å². The second kappa shape index (κ2) is 5.68. The van der Waals surface area contributed by atoms with Gasteiger partial charge < -0.3 is 4.74 Å². The normalized spacial score (nSPS) is 19.2. The first-order valence-corrected chi connectivity index (χ1v) is 6.51. The highest BCUT2D eigenvalue weighted by Crippen LogP contribution is 2.24. The van der Waals surface area contributed by atoms with Crippen molar-refractivity contribution in [3.63, 3.8) is 0 Å². The molecule has 1 fully saturated rings. The van der Waals surface area contributed by atoms with Crippen LogP contribution in [0.4, 0.5) is 0 Å². The number of benzene rings is 2. The lowest BCUT2D eigenvalue weighted by Gasteiger charge is -2.00. The highest BCUT2D eigenvalue weighted by molar-refractivity contribution is 5.67. The summed E-state index contributed by atoms with van der Waals surface area (Å²) < 4.78 is 5.58. The van der Waals surface area contributed by atoms with Crippen LogP contribution < -0.4 is 0 Å². The average molecular weight is 248 g/mol. The maximum Gasteiger partial charge on any atom is 0.0725 e. The van der Waals surface area contributed by atoms with E-state index in [0.29, 0.717) is 13.2 Å². The Balaban J connectivity index is 1.90. The molecule has 0 amide bonds. The summed E-state index contributed by atoms with van der Waals surface area (Å²) in [6.45, 7) is 1.40. The Morgan fingerprint density at radius 2 is 1.05 bits per heavy atom. The number of ether oxygens (including phenoxy) is 1. The van der Waals surface area contributed by atoms with Gasteiger partial charge in [0.1, 0.15) is 0 Å². The standard InChI is InChI=1S/C18H16O/c1-3-7-15(8-4-1)11-17-13-19-14-18(17)12-16-9-5-2-6-10-16/h1-12H,13-14H2/b17-11+,18-12?. The summed E-state index contributed by atoms with van der Waals surface area (Å²) in [5, 5.41) is 0. The molecular weight excluding hydrogens is 232 g/mol. The van der Waals surface area contributed by atoms with E-state index in [2.05, 4.69) is 60.7 Å². The molecule has 19 heavy (non-hydrogen) atoms. The van der Waals surface area contributed by atoms with E-state index in [1.165, 1.54) is 22.3 Å². The van der Waals surface area contributed by atoms with E-state index in [4.69, 9.17) is 4.74 Å². The van der Waals surface area contributed by atoms with Crippen molar-refractivity contribution in [1.29, 1.82) is 0 Å². The Hall–Kier alpha value is -2.12. The fourth-order valence-electron chi connectivity index (χ4n) is 2.23. The molecule has 1 saturated heterocycles. The second-order valence-corrected chi connectivity index (χ2v) is 4.65. The Kier molecular flexibility index (Phi) is 3.57. The number of rotatable bonds is 2. The zero-order valence-electron chi connectivity index (χ0n) is 10.8. The van der Waals surface area contributed by atoms with Crippen molar-refractivity contribution in [2.75, 3.05) is 13.2 Å². The molecule has 1 heterocycles. The van der Waals surface area contributed by atoms with Crippen LogP contribution in [0.25, 0.3) is 12.2 Å². The highest BCUT2D eigenvalue weighted by atomic mass is 16.5. The molecule has 0 atom stereocenters. The van der Waals surface area contributed by atoms with E-state index in [9.17, 15) is 0 Å². The average Bonchev–Trinajstić information content (AvgIpc) is 2.88. The minimum Gasteiger partial charge on any atom is -0.372 e. The molecule has 0 aromatic heterocycles. The molecule has 3 rings (SSSR count). The fraction of sp³-hybridized carbons (Fsp3) is 0.111. The molecule has 1 aliphatic rings. The quantitative estimate of drug-likeness (QED) is 0.774. The highest BCUT2D eigenvalue weighted by Gasteiger charge is 2.13. The summed E-state index contributed by atoms with van der Waals surface area (Å²) in [7, 11) is 0. The van der Waals surface area contributed by atoms with Gasteiger partial charge in [-0.1, -0.05) is 60.7 Å². The third kappa shape index (κ3) is 3.01. The predicted octanol–water partition coefficient (Wildman–Crippen LogP) is 4.18. The van der Waals surface area contributed by atoms with Gasteiger partial charge in [0, 0.05) is 0 Å². The van der Waals surface area contributed by atoms with E-state index in [0.717, 1.165) is 0 Å². The van der Waals surface area contributed by atoms with Crippen molar-refractivity contribution < 1.29 is 4.74 Å². The summed E-state index contributed by atoms with van der Waals surface area (Å²) in [5.74, 6) is 0. The lowest BCUT2D eigenvalue weighted by atomic mass is 10.0. The fourth-order valence-corrected chi connectivity index (χ4v) is 2.23. The third-order valence-corrected chi connectivity index (χ3v) is 3.21. The molecule has 1 aliphatic heterocycles. The minimum atomic E-state index is 0.702. The summed E-state index contributed by atoms with van der Waals surface area (Å²) in [6, 6.07) is 20.8. The van der Waals surface area contributed by atoms with Gasteiger partial charge in [0.15, 0.2) is 0 Å². The van der Waals surface area contributed by atoms with Crippen LogP contribution in [0.5, 0.6) is 0 Å². The molecular formula is C18H16O. The van der Waals surface area contributed by atoms with Gasteiger partial charge in [-0.05, 0) is 34.4 Å². The second-order valence-electron chi connectivity index (χ2n) is 4.65. The van der Waals surface area contributed by atoms with Crippen LogP contribution in [0, 0.1) is 0 Å². The number of hydrogen-bond donors (Lipinski definition) is 0. The van der Waals surface area contributed by atoms with E-state index in [1.807, 2.05) is 12.1 Å². The van der Waals surface area contributed by atoms with Gasteiger partial charge >= 0.3 is 0 Å². The molecule has 1 heteroatoms. The molecule has 0 unspecified atom stereocenters. The lowest BCUT2D eigenvalue weighted by Crippen LogP contribution is -1.86. The van der Waals surface area contributed by atoms with Crippen LogP contribution in [0.1, 0.15) is 11.1 Å². The molecule has 2 aromatic carbocycles. The van der Waals surface area contributed by atoms with Crippen molar-refractivity contribution in [2.24, 2.45) is 0 Å². The Labute approximate surface area is 113 Å². The first kappa shape index (κ1) is 11.9. The Bertz CT molecular complexity index is 539. The van der Waals surface area contributed by atoms with Gasteiger partial charge in [-0.3, -0.25) is 0 Å². The topological polar surface area (TPSA) is 9.23 Å². The summed E-state index contributed by atoms with van der Waals surface area (Å²) in [6.07, 6.45) is 4.42. The molecule has 0 bridgehead atoms. The van der Waals surface area contributed by atoms with Crippen molar-refractivity contribution in [3.05, 3.63) is 82.9 Å². The van der Waals surface area contributed by atoms with Crippen molar-refractivity contribution in [1.82, 2.24) is 0 Å². The van der Waals surface area contributed by atoms with E-state index < -0.39 is 0 Å². The minimum absolute atomic E-state index is 0.702. The molecule has 0 radical (unpaired) electrons. The van der Waals surface area contributed by atoms with Crippen LogP contribution >= 0.6 is 0 Å². The van der Waals surface area contributed by atoms with E-state index in [-0.39, 0.29) is 0 Å². The van der Waals surface area contributed by atoms with Crippen LogP contribution in [0.3, 0.4) is 0 Å². The van der Waals surface area contributed by atoms with Crippen molar-refractivity contribution >= 4 is 12.2 Å². The largest absolute Gasteiger partial charge is 0.372 e. The smallest absolute Gasteiger partial charge is 0.0725 e. The summed E-state index contributed by atoms with van der Waals surface area (Å²) in [5.41, 5.74) is 4.99. The SMILES string of the molecule is C(=C1COC/C1=C\c1ccccc1)c1ccccc1. The van der Waals surface area contributed by atoms with Gasteiger partial charge in [-0.2, -0.15) is 0 Å². The zero-order valence-corrected chi connectivity index (χ0v) is 10.8. The molecule has 0 aliphatic carbocycles. The molecule has 1 nitrogen and oxygen atoms in total. The lowest BCUT2D eigenvalue weighted by molar-refractivity contribution is 0.215. The van der Waals surface area contributed by atoms with Crippen molar-refractivity contribution in [2.45, 2.75) is 0 Å². The maximum atomic E-state index is 5.58. The first-order valence-electron chi connectivity index (χ1n) is 6.51. The van der Waals surface area contributed by atoms with Gasteiger partial charge in [-0.25, -0.2) is 0 Å². The Morgan fingerprint density at radius 3 is 1.47 bits per heavy atom. The van der Waals surface area contributed by atoms with Gasteiger partial charge in [0.05, 0.1) is 13.2 Å². The maximum absolute atomic E-state index is 5.58. The third-order valence-electron chi connectivity index (χ3n) is 3.21. The van der Waals surface area contributed by atoms with E-state index >= 15 is 0 Å². The first-order chi connectivity index (χ1) is 9.42. The van der Waals surface area contributed by atoms with Crippen LogP contribution in [0.15, 0.2) is 71.8 Å². The van der Waals surface area contributed by atoms with Gasteiger partial charge in [0.25, 0.3) is 0 Å². The molecule has 0 saturated carbocycles. The van der Waals surface area contributed by atoms with Gasteiger partial charge in [0.2, 0.25) is 0 Å². The molecule has 94 valence electrons. The zero-order chi connectivity index (χ0) is 12.9. The predicted molar refractivity (Wildman–Crippen MR) is 79.7 cm³/mol. The van der Waals surface area contributed by atoms with Crippen LogP contribution in [0.2, 0.25) is 0 Å². The van der Waals surface area contributed by atoms with Gasteiger partial charge in [-0.15, -0.1) is 0 Å². The van der Waals surface area contributed by atoms with Crippen molar-refractivity contribution in [3.8, 4) is 0 Å².